The molecule has 2 aliphatic rings. The van der Waals surface area contributed by atoms with Crippen molar-refractivity contribution in [3.05, 3.63) is 35.4 Å². The molecular weight excluding hydrogens is 228 g/mol. The van der Waals surface area contributed by atoms with Gasteiger partial charge in [-0.3, -0.25) is 9.69 Å². The highest BCUT2D eigenvalue weighted by Crippen LogP contribution is 2.30. The molecule has 0 atom stereocenters. The molecule has 1 aromatic rings. The van der Waals surface area contributed by atoms with Crippen LogP contribution in [0.2, 0.25) is 0 Å². The van der Waals surface area contributed by atoms with Gasteiger partial charge in [-0.2, -0.15) is 0 Å². The Hall–Kier alpha value is -1.84. The van der Waals surface area contributed by atoms with Crippen LogP contribution in [0.5, 0.6) is 0 Å². The van der Waals surface area contributed by atoms with Crippen LogP contribution >= 0.6 is 0 Å². The van der Waals surface area contributed by atoms with Gasteiger partial charge in [-0.15, -0.1) is 0 Å². The van der Waals surface area contributed by atoms with Crippen molar-refractivity contribution >= 4 is 11.9 Å². The smallest absolute Gasteiger partial charge is 0.312 e. The Kier molecular flexibility index (Phi) is 2.58. The van der Waals surface area contributed by atoms with Crippen molar-refractivity contribution in [3.63, 3.8) is 0 Å². The number of amides is 3. The summed E-state index contributed by atoms with van der Waals surface area (Å²) in [5.74, 6) is -0.0739. The topological polar surface area (TPSA) is 40.6 Å². The SMILES string of the molecule is Cc1ccccc1CN1C(=O)CN(C2CC2)C1=O. The number of rotatable bonds is 3. The summed E-state index contributed by atoms with van der Waals surface area (Å²) < 4.78 is 0. The molecule has 1 saturated heterocycles. The molecule has 1 aliphatic heterocycles. The molecule has 3 amide bonds. The van der Waals surface area contributed by atoms with Crippen molar-refractivity contribution in [2.45, 2.75) is 32.4 Å². The Balaban J connectivity index is 1.78. The molecule has 0 bridgehead atoms. The van der Waals surface area contributed by atoms with Crippen molar-refractivity contribution < 1.29 is 9.59 Å². The van der Waals surface area contributed by atoms with Crippen LogP contribution in [0.1, 0.15) is 24.0 Å². The van der Waals surface area contributed by atoms with E-state index in [2.05, 4.69) is 0 Å². The van der Waals surface area contributed by atoms with Gasteiger partial charge in [0, 0.05) is 6.04 Å². The minimum atomic E-state index is -0.120. The lowest BCUT2D eigenvalue weighted by Gasteiger charge is -2.17. The van der Waals surface area contributed by atoms with E-state index >= 15 is 0 Å². The molecule has 0 aromatic heterocycles. The second-order valence-electron chi connectivity index (χ2n) is 5.05. The minimum absolute atomic E-state index is 0.0739. The van der Waals surface area contributed by atoms with Crippen molar-refractivity contribution in [3.8, 4) is 0 Å². The van der Waals surface area contributed by atoms with E-state index in [0.717, 1.165) is 24.0 Å². The Morgan fingerprint density at radius 3 is 2.61 bits per heavy atom. The Labute approximate surface area is 106 Å². The third-order valence-electron chi connectivity index (χ3n) is 3.66. The van der Waals surface area contributed by atoms with Crippen molar-refractivity contribution in [1.29, 1.82) is 0 Å². The van der Waals surface area contributed by atoms with E-state index in [9.17, 15) is 9.59 Å². The maximum Gasteiger partial charge on any atom is 0.327 e. The van der Waals surface area contributed by atoms with Gasteiger partial charge in [0.2, 0.25) is 0 Å². The monoisotopic (exact) mass is 244 g/mol. The largest absolute Gasteiger partial charge is 0.327 e. The number of aryl methyl sites for hydroxylation is 1. The molecule has 0 unspecified atom stereocenters. The summed E-state index contributed by atoms with van der Waals surface area (Å²) in [5.41, 5.74) is 2.15. The van der Waals surface area contributed by atoms with Gasteiger partial charge >= 0.3 is 6.03 Å². The zero-order chi connectivity index (χ0) is 12.7. The first-order valence-electron chi connectivity index (χ1n) is 6.32. The third-order valence-corrected chi connectivity index (χ3v) is 3.66. The Morgan fingerprint density at radius 1 is 1.22 bits per heavy atom. The van der Waals surface area contributed by atoms with Crippen LogP contribution in [0.3, 0.4) is 0 Å². The number of urea groups is 1. The number of imide groups is 1. The lowest BCUT2D eigenvalue weighted by Crippen LogP contribution is -2.33. The normalized spacial score (nSPS) is 19.8. The first-order valence-corrected chi connectivity index (χ1v) is 6.32. The highest BCUT2D eigenvalue weighted by molar-refractivity contribution is 6.02. The maximum absolute atomic E-state index is 12.1. The summed E-state index contributed by atoms with van der Waals surface area (Å²) in [6.07, 6.45) is 2.08. The van der Waals surface area contributed by atoms with Gasteiger partial charge in [0.25, 0.3) is 5.91 Å². The molecule has 94 valence electrons. The third kappa shape index (κ3) is 1.88. The van der Waals surface area contributed by atoms with Crippen molar-refractivity contribution in [1.82, 2.24) is 9.80 Å². The average molecular weight is 244 g/mol. The summed E-state index contributed by atoms with van der Waals surface area (Å²) >= 11 is 0. The molecule has 0 N–H and O–H groups in total. The van der Waals surface area contributed by atoms with Crippen LogP contribution in [-0.2, 0) is 11.3 Å². The van der Waals surface area contributed by atoms with Crippen LogP contribution in [0.4, 0.5) is 4.79 Å². The quantitative estimate of drug-likeness (QED) is 0.762. The fourth-order valence-corrected chi connectivity index (χ4v) is 2.35. The lowest BCUT2D eigenvalue weighted by molar-refractivity contribution is -0.125. The molecule has 1 aromatic carbocycles. The predicted molar refractivity (Wildman–Crippen MR) is 66.9 cm³/mol. The summed E-state index contributed by atoms with van der Waals surface area (Å²) in [7, 11) is 0. The van der Waals surface area contributed by atoms with Crippen molar-refractivity contribution in [2.24, 2.45) is 0 Å². The van der Waals surface area contributed by atoms with Gasteiger partial charge in [-0.25, -0.2) is 4.79 Å². The molecule has 2 fully saturated rings. The van der Waals surface area contributed by atoms with Crippen LogP contribution in [-0.4, -0.2) is 34.3 Å². The molecule has 3 rings (SSSR count). The molecule has 4 heteroatoms. The summed E-state index contributed by atoms with van der Waals surface area (Å²) in [4.78, 5) is 27.1. The molecular formula is C14H16N2O2. The number of carbonyl (C=O) groups is 2. The molecule has 1 saturated carbocycles. The van der Waals surface area contributed by atoms with Gasteiger partial charge < -0.3 is 4.90 Å². The summed E-state index contributed by atoms with van der Waals surface area (Å²) in [6, 6.07) is 8.05. The molecule has 4 nitrogen and oxygen atoms in total. The zero-order valence-corrected chi connectivity index (χ0v) is 10.4. The number of hydrogen-bond acceptors (Lipinski definition) is 2. The molecule has 1 aliphatic carbocycles. The van der Waals surface area contributed by atoms with Crippen molar-refractivity contribution in [2.75, 3.05) is 6.54 Å². The van der Waals surface area contributed by atoms with E-state index in [0.29, 0.717) is 12.6 Å². The Morgan fingerprint density at radius 2 is 1.94 bits per heavy atom. The van der Waals surface area contributed by atoms with Gasteiger partial charge in [0.15, 0.2) is 0 Å². The zero-order valence-electron chi connectivity index (χ0n) is 10.4. The summed E-state index contributed by atoms with van der Waals surface area (Å²) in [6.45, 7) is 2.65. The number of carbonyl (C=O) groups excluding carboxylic acids is 2. The number of benzene rings is 1. The maximum atomic E-state index is 12.1. The van der Waals surface area contributed by atoms with Crippen LogP contribution < -0.4 is 0 Å². The van der Waals surface area contributed by atoms with Crippen LogP contribution in [0.15, 0.2) is 24.3 Å². The van der Waals surface area contributed by atoms with E-state index in [1.54, 1.807) is 4.90 Å². The second-order valence-corrected chi connectivity index (χ2v) is 5.05. The number of nitrogens with zero attached hydrogens (tertiary/aromatic N) is 2. The van der Waals surface area contributed by atoms with E-state index in [-0.39, 0.29) is 18.5 Å². The van der Waals surface area contributed by atoms with Gasteiger partial charge in [0.05, 0.1) is 6.54 Å². The highest BCUT2D eigenvalue weighted by Gasteiger charge is 2.43. The minimum Gasteiger partial charge on any atom is -0.312 e. The average Bonchev–Trinajstić information content (AvgIpc) is 3.14. The standard InChI is InChI=1S/C14H16N2O2/c1-10-4-2-3-5-11(10)8-16-13(17)9-15(14(16)18)12-6-7-12/h2-5,12H,6-9H2,1H3. The first-order chi connectivity index (χ1) is 8.66. The fourth-order valence-electron chi connectivity index (χ4n) is 2.35. The molecule has 0 radical (unpaired) electrons. The van der Waals surface area contributed by atoms with E-state index in [1.807, 2.05) is 31.2 Å². The van der Waals surface area contributed by atoms with Crippen LogP contribution in [0, 0.1) is 6.92 Å². The molecule has 1 heterocycles. The fraction of sp³-hybridized carbons (Fsp3) is 0.429. The molecule has 0 spiro atoms. The van der Waals surface area contributed by atoms with Gasteiger partial charge in [-0.1, -0.05) is 24.3 Å². The highest BCUT2D eigenvalue weighted by atomic mass is 16.2. The first kappa shape index (κ1) is 11.3. The predicted octanol–water partition coefficient (Wildman–Crippen LogP) is 1.92. The van der Waals surface area contributed by atoms with E-state index in [4.69, 9.17) is 0 Å². The molecule has 18 heavy (non-hydrogen) atoms. The summed E-state index contributed by atoms with van der Waals surface area (Å²) in [5, 5.41) is 0. The Bertz CT molecular complexity index is 508. The number of hydrogen-bond donors (Lipinski definition) is 0. The second kappa shape index (κ2) is 4.12. The van der Waals surface area contributed by atoms with E-state index < -0.39 is 0 Å². The van der Waals surface area contributed by atoms with Gasteiger partial charge in [0.1, 0.15) is 6.54 Å². The lowest BCUT2D eigenvalue weighted by atomic mass is 10.1. The van der Waals surface area contributed by atoms with E-state index in [1.165, 1.54) is 4.90 Å². The van der Waals surface area contributed by atoms with Crippen LogP contribution in [0.25, 0.3) is 0 Å². The van der Waals surface area contributed by atoms with Gasteiger partial charge in [-0.05, 0) is 30.9 Å².